The van der Waals surface area contributed by atoms with E-state index in [0.29, 0.717) is 26.4 Å². The van der Waals surface area contributed by atoms with E-state index >= 15 is 0 Å². The molecule has 1 saturated carbocycles. The summed E-state index contributed by atoms with van der Waals surface area (Å²) < 4.78 is 10.4. The molecule has 0 radical (unpaired) electrons. The maximum atomic E-state index is 12.5. The van der Waals surface area contributed by atoms with E-state index in [0.717, 1.165) is 12.8 Å². The highest BCUT2D eigenvalue weighted by Crippen LogP contribution is 2.45. The molecule has 1 spiro atoms. The Hall–Kier alpha value is -0.950. The van der Waals surface area contributed by atoms with Crippen LogP contribution in [-0.2, 0) is 14.3 Å². The Balaban J connectivity index is 1.61. The third kappa shape index (κ3) is 2.61. The fourth-order valence-electron chi connectivity index (χ4n) is 2.61. The minimum absolute atomic E-state index is 0.00211. The summed E-state index contributed by atoms with van der Waals surface area (Å²) >= 11 is 1.66. The first-order chi connectivity index (χ1) is 9.77. The van der Waals surface area contributed by atoms with Gasteiger partial charge in [-0.2, -0.15) is 11.3 Å². The molecule has 0 bridgehead atoms. The maximum Gasteiger partial charge on any atom is 0.244 e. The van der Waals surface area contributed by atoms with Crippen LogP contribution in [0.15, 0.2) is 16.8 Å². The van der Waals surface area contributed by atoms with Gasteiger partial charge < -0.3 is 14.4 Å². The molecule has 1 aliphatic carbocycles. The van der Waals surface area contributed by atoms with Gasteiger partial charge in [-0.3, -0.25) is 10.1 Å². The summed E-state index contributed by atoms with van der Waals surface area (Å²) in [5.41, 5.74) is 0.892. The molecule has 20 heavy (non-hydrogen) atoms. The van der Waals surface area contributed by atoms with Gasteiger partial charge in [-0.05, 0) is 35.2 Å². The topological polar surface area (TPSA) is 50.8 Å². The molecule has 110 valence electrons. The zero-order valence-corrected chi connectivity index (χ0v) is 12.4. The second-order valence-corrected chi connectivity index (χ2v) is 6.07. The van der Waals surface area contributed by atoms with Gasteiger partial charge in [0.15, 0.2) is 0 Å². The van der Waals surface area contributed by atoms with Gasteiger partial charge in [0.25, 0.3) is 0 Å². The predicted molar refractivity (Wildman–Crippen MR) is 76.6 cm³/mol. The molecule has 1 N–H and O–H groups in total. The highest BCUT2D eigenvalue weighted by Gasteiger charge is 2.59. The number of thiophene rings is 1. The molecular formula is C14H20N2O3S. The molecule has 5 nitrogen and oxygen atoms in total. The molecule has 3 rings (SSSR count). The fourth-order valence-corrected chi connectivity index (χ4v) is 3.29. The van der Waals surface area contributed by atoms with Crippen LogP contribution >= 0.6 is 11.3 Å². The van der Waals surface area contributed by atoms with Crippen LogP contribution in [0.3, 0.4) is 0 Å². The maximum absolute atomic E-state index is 12.5. The number of methoxy groups -OCH3 is 1. The number of carbonyl (C=O) groups excluding carboxylic acids is 1. The Labute approximate surface area is 122 Å². The minimum atomic E-state index is -0.279. The number of carbonyl (C=O) groups is 1. The van der Waals surface area contributed by atoms with Gasteiger partial charge in [0.05, 0.1) is 19.8 Å². The van der Waals surface area contributed by atoms with Crippen molar-refractivity contribution >= 4 is 17.2 Å². The number of ether oxygens (including phenoxy) is 2. The zero-order valence-electron chi connectivity index (χ0n) is 11.6. The van der Waals surface area contributed by atoms with E-state index in [4.69, 9.17) is 9.47 Å². The SMILES string of the molecule is COCCOCCN1C(=O)C2(CC2)NC1c1ccsc1. The normalized spacial score (nSPS) is 23.8. The first kappa shape index (κ1) is 14.0. The monoisotopic (exact) mass is 296 g/mol. The highest BCUT2D eigenvalue weighted by atomic mass is 32.1. The van der Waals surface area contributed by atoms with Crippen LogP contribution in [0, 0.1) is 0 Å². The summed E-state index contributed by atoms with van der Waals surface area (Å²) in [7, 11) is 1.65. The Morgan fingerprint density at radius 2 is 2.30 bits per heavy atom. The van der Waals surface area contributed by atoms with Gasteiger partial charge >= 0.3 is 0 Å². The van der Waals surface area contributed by atoms with E-state index in [2.05, 4.69) is 16.8 Å². The van der Waals surface area contributed by atoms with E-state index < -0.39 is 0 Å². The van der Waals surface area contributed by atoms with E-state index in [1.807, 2.05) is 10.3 Å². The number of hydrogen-bond donors (Lipinski definition) is 1. The van der Waals surface area contributed by atoms with Crippen LogP contribution in [-0.4, -0.2) is 49.8 Å². The van der Waals surface area contributed by atoms with Gasteiger partial charge in [0.1, 0.15) is 11.7 Å². The van der Waals surface area contributed by atoms with Crippen LogP contribution in [0.4, 0.5) is 0 Å². The van der Waals surface area contributed by atoms with Crippen LogP contribution in [0.2, 0.25) is 0 Å². The molecule has 1 amide bonds. The second-order valence-electron chi connectivity index (χ2n) is 5.29. The molecule has 1 aliphatic heterocycles. The predicted octanol–water partition coefficient (Wildman–Crippen LogP) is 1.37. The summed E-state index contributed by atoms with van der Waals surface area (Å²) in [6.45, 7) is 2.33. The molecule has 1 saturated heterocycles. The third-order valence-electron chi connectivity index (χ3n) is 3.91. The fraction of sp³-hybridized carbons (Fsp3) is 0.643. The van der Waals surface area contributed by atoms with Crippen molar-refractivity contribution in [3.05, 3.63) is 22.4 Å². The lowest BCUT2D eigenvalue weighted by molar-refractivity contribution is -0.131. The number of hydrogen-bond acceptors (Lipinski definition) is 5. The minimum Gasteiger partial charge on any atom is -0.382 e. The summed E-state index contributed by atoms with van der Waals surface area (Å²) in [5.74, 6) is 0.226. The average Bonchev–Trinajstić information content (AvgIpc) is 2.93. The Kier molecular flexibility index (Phi) is 4.07. The Bertz CT molecular complexity index is 459. The quantitative estimate of drug-likeness (QED) is 0.772. The van der Waals surface area contributed by atoms with E-state index in [1.54, 1.807) is 18.4 Å². The van der Waals surface area contributed by atoms with E-state index in [1.165, 1.54) is 5.56 Å². The molecule has 2 aliphatic rings. The van der Waals surface area contributed by atoms with Crippen molar-refractivity contribution < 1.29 is 14.3 Å². The summed E-state index contributed by atoms with van der Waals surface area (Å²) in [5, 5.41) is 7.65. The van der Waals surface area contributed by atoms with Gasteiger partial charge in [-0.25, -0.2) is 0 Å². The summed E-state index contributed by atoms with van der Waals surface area (Å²) in [4.78, 5) is 14.4. The van der Waals surface area contributed by atoms with Crippen molar-refractivity contribution in [3.8, 4) is 0 Å². The van der Waals surface area contributed by atoms with Crippen LogP contribution in [0.25, 0.3) is 0 Å². The number of rotatable bonds is 7. The third-order valence-corrected chi connectivity index (χ3v) is 4.61. The van der Waals surface area contributed by atoms with Gasteiger partial charge in [0.2, 0.25) is 5.91 Å². The lowest BCUT2D eigenvalue weighted by Gasteiger charge is -2.23. The number of amides is 1. The van der Waals surface area contributed by atoms with Crippen molar-refractivity contribution in [2.24, 2.45) is 0 Å². The molecule has 1 aromatic rings. The number of nitrogens with zero attached hydrogens (tertiary/aromatic N) is 1. The summed E-state index contributed by atoms with van der Waals surface area (Å²) in [6, 6.07) is 2.08. The van der Waals surface area contributed by atoms with Crippen LogP contribution < -0.4 is 5.32 Å². The molecule has 0 aromatic carbocycles. The molecule has 1 unspecified atom stereocenters. The molecule has 2 fully saturated rings. The first-order valence-electron chi connectivity index (χ1n) is 6.94. The lowest BCUT2D eigenvalue weighted by atomic mass is 10.2. The van der Waals surface area contributed by atoms with Gasteiger partial charge in [0, 0.05) is 13.7 Å². The summed E-state index contributed by atoms with van der Waals surface area (Å²) in [6.07, 6.45) is 1.91. The average molecular weight is 296 g/mol. The van der Waals surface area contributed by atoms with Crippen LogP contribution in [0.1, 0.15) is 24.6 Å². The molecule has 1 atom stereocenters. The van der Waals surface area contributed by atoms with Crippen molar-refractivity contribution in [2.75, 3.05) is 33.5 Å². The zero-order chi connectivity index (χ0) is 14.0. The first-order valence-corrected chi connectivity index (χ1v) is 7.89. The van der Waals surface area contributed by atoms with E-state index in [9.17, 15) is 4.79 Å². The Morgan fingerprint density at radius 1 is 1.45 bits per heavy atom. The van der Waals surface area contributed by atoms with Gasteiger partial charge in [-0.1, -0.05) is 0 Å². The molecule has 1 aromatic heterocycles. The lowest BCUT2D eigenvalue weighted by Crippen LogP contribution is -2.34. The van der Waals surface area contributed by atoms with Crippen molar-refractivity contribution in [1.82, 2.24) is 10.2 Å². The molecule has 2 heterocycles. The largest absolute Gasteiger partial charge is 0.382 e. The number of nitrogens with one attached hydrogen (secondary N) is 1. The highest BCUT2D eigenvalue weighted by molar-refractivity contribution is 7.07. The van der Waals surface area contributed by atoms with Crippen molar-refractivity contribution in [2.45, 2.75) is 24.5 Å². The van der Waals surface area contributed by atoms with E-state index in [-0.39, 0.29) is 17.6 Å². The standard InChI is InChI=1S/C14H20N2O3S/c1-18-7-8-19-6-5-16-12(11-2-9-20-10-11)15-14(3-4-14)13(16)17/h2,9-10,12,15H,3-8H2,1H3. The van der Waals surface area contributed by atoms with Crippen molar-refractivity contribution in [1.29, 1.82) is 0 Å². The smallest absolute Gasteiger partial charge is 0.244 e. The van der Waals surface area contributed by atoms with Crippen molar-refractivity contribution in [3.63, 3.8) is 0 Å². The van der Waals surface area contributed by atoms with Gasteiger partial charge in [-0.15, -0.1) is 0 Å². The molecule has 6 heteroatoms. The Morgan fingerprint density at radius 3 is 2.95 bits per heavy atom. The second kappa shape index (κ2) is 5.81. The van der Waals surface area contributed by atoms with Crippen LogP contribution in [0.5, 0.6) is 0 Å². The molecular weight excluding hydrogens is 276 g/mol.